The zero-order valence-corrected chi connectivity index (χ0v) is 36.3. The quantitative estimate of drug-likeness (QED) is 0.0693. The number of hydrogen-bond donors (Lipinski definition) is 1. The van der Waals surface area contributed by atoms with Crippen molar-refractivity contribution in [2.75, 3.05) is 0 Å². The Kier molecular flexibility index (Phi) is 13.5. The molecule has 5 heteroatoms. The van der Waals surface area contributed by atoms with Crippen molar-refractivity contribution in [3.63, 3.8) is 0 Å². The molecule has 0 fully saturated rings. The standard InChI is InChI=1S/C31H32NS.C15H28O2.Ir/c1-18(2)21-13-14-24-25-15-16-32(8)28(30(25)33-29(24)20(21)4)26-17-27(31(5,6)7)23-12-10-9-11-22(23)19(26)3;1-7-14(5,8-2)12(16)11-13(17)15(6,9-3)10-4;/h9-18H,3,8H2,1-2,4-7H3;11,16H,7-10H2,1-6H3;/q-1;;/b;12-11-;. The zero-order chi connectivity index (χ0) is 37.3. The fourth-order valence-electron chi connectivity index (χ4n) is 6.89. The monoisotopic (exact) mass is 883 g/mol. The van der Waals surface area contributed by atoms with E-state index in [0.29, 0.717) is 5.92 Å². The summed E-state index contributed by atoms with van der Waals surface area (Å²) in [6.07, 6.45) is 6.85. The van der Waals surface area contributed by atoms with Gasteiger partial charge in [-0.05, 0) is 71.9 Å². The van der Waals surface area contributed by atoms with Crippen molar-refractivity contribution in [3.05, 3.63) is 103 Å². The van der Waals surface area contributed by atoms with E-state index in [1.807, 2.05) is 57.4 Å². The Balaban J connectivity index is 0.000000335. The number of rotatable bonds is 9. The van der Waals surface area contributed by atoms with E-state index < -0.39 is 0 Å². The van der Waals surface area contributed by atoms with E-state index >= 15 is 0 Å². The van der Waals surface area contributed by atoms with Crippen molar-refractivity contribution in [3.8, 4) is 11.3 Å². The molecule has 2 aromatic heterocycles. The normalized spacial score (nSPS) is 12.7. The Morgan fingerprint density at radius 2 is 1.39 bits per heavy atom. The van der Waals surface area contributed by atoms with Gasteiger partial charge in [-0.3, -0.25) is 4.79 Å². The van der Waals surface area contributed by atoms with Crippen LogP contribution in [0.1, 0.15) is 130 Å². The third-order valence-corrected chi connectivity index (χ3v) is 12.9. The fraction of sp³-hybridized carbons (Fsp3) is 0.435. The third-order valence-electron chi connectivity index (χ3n) is 11.6. The first kappa shape index (κ1) is 42.3. The topological polar surface area (TPSA) is 41.2 Å². The van der Waals surface area contributed by atoms with E-state index in [9.17, 15) is 9.90 Å². The molecule has 5 rings (SSSR count). The molecule has 0 aliphatic heterocycles. The van der Waals surface area contributed by atoms with E-state index in [-0.39, 0.29) is 47.9 Å². The van der Waals surface area contributed by atoms with Crippen LogP contribution in [0, 0.1) is 31.7 Å². The van der Waals surface area contributed by atoms with Gasteiger partial charge in [0, 0.05) is 53.5 Å². The summed E-state index contributed by atoms with van der Waals surface area (Å²) in [6.45, 7) is 30.3. The van der Waals surface area contributed by atoms with Gasteiger partial charge in [0.1, 0.15) is 5.76 Å². The Hall–Kier alpha value is -3.11. The molecule has 0 amide bonds. The maximum atomic E-state index is 12.2. The number of carbonyl (C=O) groups excluding carboxylic acids is 1. The van der Waals surface area contributed by atoms with Gasteiger partial charge >= 0.3 is 0 Å². The minimum Gasteiger partial charge on any atom is -0.512 e. The largest absolute Gasteiger partial charge is 0.512 e. The van der Waals surface area contributed by atoms with Gasteiger partial charge in [-0.1, -0.05) is 117 Å². The number of carbonyl (C=O) groups is 1. The van der Waals surface area contributed by atoms with Crippen LogP contribution in [0.2, 0.25) is 0 Å². The number of aromatic nitrogens is 1. The van der Waals surface area contributed by atoms with Gasteiger partial charge in [-0.2, -0.15) is 12.5 Å². The van der Waals surface area contributed by atoms with E-state index in [1.54, 1.807) is 0 Å². The molecule has 1 radical (unpaired) electrons. The van der Waals surface area contributed by atoms with Gasteiger partial charge in [0.05, 0.1) is 11.9 Å². The summed E-state index contributed by atoms with van der Waals surface area (Å²) in [4.78, 5) is 12.2. The number of allylic oxidation sites excluding steroid dienone is 2. The number of benzene rings is 3. The molecule has 0 saturated carbocycles. The van der Waals surface area contributed by atoms with Crippen LogP contribution in [0.15, 0.2) is 66.6 Å². The van der Waals surface area contributed by atoms with E-state index in [1.165, 1.54) is 59.3 Å². The second-order valence-corrected chi connectivity index (χ2v) is 17.0. The number of pyridine rings is 1. The predicted molar refractivity (Wildman–Crippen MR) is 218 cm³/mol. The molecule has 0 bridgehead atoms. The molecule has 0 unspecified atom stereocenters. The maximum Gasteiger partial charge on any atom is 0.164 e. The van der Waals surface area contributed by atoms with Crippen molar-refractivity contribution in [1.29, 1.82) is 0 Å². The number of thiophene rings is 1. The number of nitrogens with zero attached hydrogens (tertiary/aromatic N) is 1. The molecule has 3 aromatic carbocycles. The second kappa shape index (κ2) is 16.3. The van der Waals surface area contributed by atoms with E-state index in [4.69, 9.17) is 0 Å². The first-order chi connectivity index (χ1) is 23.4. The van der Waals surface area contributed by atoms with Crippen LogP contribution in [0.5, 0.6) is 0 Å². The molecule has 3 nitrogen and oxygen atoms in total. The number of fused-ring (bicyclic) bond motifs is 4. The molecule has 0 aliphatic carbocycles. The molecular weight excluding hydrogens is 823 g/mol. The fourth-order valence-corrected chi connectivity index (χ4v) is 8.27. The number of aliphatic hydroxyl groups excluding tert-OH is 1. The number of aliphatic hydroxyl groups is 1. The van der Waals surface area contributed by atoms with Crippen molar-refractivity contribution in [2.45, 2.75) is 120 Å². The van der Waals surface area contributed by atoms with E-state index in [0.717, 1.165) is 36.9 Å². The van der Waals surface area contributed by atoms with Gasteiger partial charge < -0.3 is 9.67 Å². The molecule has 277 valence electrons. The summed E-state index contributed by atoms with van der Waals surface area (Å²) >= 11 is 1.89. The van der Waals surface area contributed by atoms with Crippen molar-refractivity contribution >= 4 is 48.1 Å². The Morgan fingerprint density at radius 1 is 0.843 bits per heavy atom. The first-order valence-electron chi connectivity index (χ1n) is 18.4. The number of ketones is 1. The molecule has 0 atom stereocenters. The van der Waals surface area contributed by atoms with Gasteiger partial charge in [0.25, 0.3) is 0 Å². The smallest absolute Gasteiger partial charge is 0.164 e. The molecule has 0 saturated heterocycles. The minimum absolute atomic E-state index is 0. The maximum absolute atomic E-state index is 12.2. The third kappa shape index (κ3) is 8.12. The van der Waals surface area contributed by atoms with Crippen LogP contribution in [0.25, 0.3) is 42.2 Å². The van der Waals surface area contributed by atoms with Crippen LogP contribution in [0.3, 0.4) is 0 Å². The summed E-state index contributed by atoms with van der Waals surface area (Å²) in [5, 5.41) is 15.3. The zero-order valence-electron chi connectivity index (χ0n) is 33.1. The molecular formula is C46H60IrNO2S-. The summed E-state index contributed by atoms with van der Waals surface area (Å²) in [7, 11) is 4.39. The summed E-state index contributed by atoms with van der Waals surface area (Å²) in [6, 6.07) is 17.9. The SMILES string of the molecule is CCC(C)(CC)C(=O)/C=C(\O)C(C)(CC)CC.[CH2-]c1c(-c2c3sc4c(C)c(C(C)C)ccc4c3cc[n+]2[CH2-])cc(C(C)(C)C)c2ccccc12.[Ir]. The van der Waals surface area contributed by atoms with Crippen LogP contribution < -0.4 is 4.57 Å². The van der Waals surface area contributed by atoms with Gasteiger partial charge in [0.2, 0.25) is 0 Å². The van der Waals surface area contributed by atoms with Crippen molar-refractivity contribution in [2.24, 2.45) is 10.8 Å². The first-order valence-corrected chi connectivity index (χ1v) is 19.3. The molecule has 2 heterocycles. The Labute approximate surface area is 325 Å². The Bertz CT molecular complexity index is 2050. The summed E-state index contributed by atoms with van der Waals surface area (Å²) < 4.78 is 4.69. The average Bonchev–Trinajstić information content (AvgIpc) is 3.47. The van der Waals surface area contributed by atoms with Crippen LogP contribution >= 0.6 is 11.3 Å². The van der Waals surface area contributed by atoms with Gasteiger partial charge in [-0.25, -0.2) is 0 Å². The van der Waals surface area contributed by atoms with Crippen molar-refractivity contribution in [1.82, 2.24) is 0 Å². The van der Waals surface area contributed by atoms with Crippen LogP contribution in [0.4, 0.5) is 0 Å². The molecule has 0 aliphatic rings. The van der Waals surface area contributed by atoms with Crippen molar-refractivity contribution < 1.29 is 34.6 Å². The molecule has 0 spiro atoms. The second-order valence-electron chi connectivity index (χ2n) is 16.0. The van der Waals surface area contributed by atoms with E-state index in [2.05, 4.69) is 110 Å². The summed E-state index contributed by atoms with van der Waals surface area (Å²) in [5.41, 5.74) is 6.98. The van der Waals surface area contributed by atoms with Crippen LogP contribution in [-0.2, 0) is 30.3 Å². The average molecular weight is 883 g/mol. The number of aryl methyl sites for hydroxylation is 1. The van der Waals surface area contributed by atoms with Crippen LogP contribution in [-0.4, -0.2) is 10.9 Å². The minimum atomic E-state index is -0.337. The molecule has 1 N–H and O–H groups in total. The molecule has 5 aromatic rings. The predicted octanol–water partition coefficient (Wildman–Crippen LogP) is 13.4. The van der Waals surface area contributed by atoms with Gasteiger partial charge in [0.15, 0.2) is 5.78 Å². The molecule has 51 heavy (non-hydrogen) atoms. The Morgan fingerprint density at radius 3 is 1.92 bits per heavy atom. The summed E-state index contributed by atoms with van der Waals surface area (Å²) in [5.74, 6) is 0.798. The number of hydrogen-bond acceptors (Lipinski definition) is 3. The van der Waals surface area contributed by atoms with Gasteiger partial charge in [-0.15, -0.1) is 34.4 Å².